The van der Waals surface area contributed by atoms with Crippen LogP contribution in [0.3, 0.4) is 0 Å². The Labute approximate surface area is 305 Å². The molecule has 4 rings (SSSR count). The van der Waals surface area contributed by atoms with Crippen molar-refractivity contribution in [3.8, 4) is 0 Å². The van der Waals surface area contributed by atoms with E-state index in [9.17, 15) is 31.2 Å². The van der Waals surface area contributed by atoms with Crippen molar-refractivity contribution in [2.75, 3.05) is 10.8 Å². The molecule has 50 heavy (non-hydrogen) atoms. The van der Waals surface area contributed by atoms with Gasteiger partial charge in [0, 0.05) is 19.0 Å². The van der Waals surface area contributed by atoms with Gasteiger partial charge in [-0.2, -0.15) is 13.2 Å². The third-order valence-electron chi connectivity index (χ3n) is 8.04. The lowest BCUT2D eigenvalue weighted by atomic mass is 10.0. The van der Waals surface area contributed by atoms with Crippen LogP contribution in [0, 0.1) is 6.92 Å². The second-order valence-electron chi connectivity index (χ2n) is 11.8. The summed E-state index contributed by atoms with van der Waals surface area (Å²) in [6.45, 7) is 4.25. The fraction of sp³-hybridized carbons (Fsp3) is 0.278. The average Bonchev–Trinajstić information content (AvgIpc) is 3.07. The van der Waals surface area contributed by atoms with E-state index in [-0.39, 0.29) is 33.9 Å². The van der Waals surface area contributed by atoms with Gasteiger partial charge in [0.05, 0.1) is 31.2 Å². The molecule has 0 saturated heterocycles. The van der Waals surface area contributed by atoms with Crippen molar-refractivity contribution in [3.63, 3.8) is 0 Å². The molecule has 2 atom stereocenters. The van der Waals surface area contributed by atoms with Crippen LogP contribution in [0.4, 0.5) is 18.9 Å². The average molecular weight is 769 g/mol. The highest BCUT2D eigenvalue weighted by atomic mass is 35.5. The summed E-state index contributed by atoms with van der Waals surface area (Å²) in [4.78, 5) is 29.5. The van der Waals surface area contributed by atoms with Gasteiger partial charge in [-0.1, -0.05) is 95.8 Å². The van der Waals surface area contributed by atoms with Crippen LogP contribution in [-0.2, 0) is 38.8 Å². The zero-order chi connectivity index (χ0) is 36.8. The van der Waals surface area contributed by atoms with Crippen LogP contribution in [0.5, 0.6) is 0 Å². The van der Waals surface area contributed by atoms with E-state index < -0.39 is 56.9 Å². The van der Waals surface area contributed by atoms with Gasteiger partial charge in [-0.05, 0) is 73.9 Å². The molecule has 0 unspecified atom stereocenters. The monoisotopic (exact) mass is 767 g/mol. The van der Waals surface area contributed by atoms with Crippen LogP contribution in [0.15, 0.2) is 95.9 Å². The molecule has 0 saturated carbocycles. The lowest BCUT2D eigenvalue weighted by molar-refractivity contribution is -0.140. The molecule has 2 amide bonds. The molecule has 0 spiro atoms. The molecule has 0 aromatic heterocycles. The molecule has 0 radical (unpaired) electrons. The zero-order valence-corrected chi connectivity index (χ0v) is 30.4. The summed E-state index contributed by atoms with van der Waals surface area (Å²) in [6.07, 6.45) is -4.30. The number of sulfonamides is 1. The number of rotatable bonds is 13. The number of hydrogen-bond donors (Lipinski definition) is 1. The number of halogens is 6. The lowest BCUT2D eigenvalue weighted by Crippen LogP contribution is -2.54. The second kappa shape index (κ2) is 16.5. The molecule has 7 nitrogen and oxygen atoms in total. The van der Waals surface area contributed by atoms with E-state index in [4.69, 9.17) is 34.8 Å². The Bertz CT molecular complexity index is 1930. The predicted octanol–water partition coefficient (Wildman–Crippen LogP) is 8.72. The van der Waals surface area contributed by atoms with E-state index in [1.54, 1.807) is 50.2 Å². The Morgan fingerprint density at radius 1 is 0.840 bits per heavy atom. The van der Waals surface area contributed by atoms with E-state index in [2.05, 4.69) is 5.32 Å². The maximum absolute atomic E-state index is 14.6. The van der Waals surface area contributed by atoms with Gasteiger partial charge >= 0.3 is 6.18 Å². The lowest BCUT2D eigenvalue weighted by Gasteiger charge is -2.34. The highest BCUT2D eigenvalue weighted by Crippen LogP contribution is 2.38. The molecule has 0 aliphatic heterocycles. The van der Waals surface area contributed by atoms with E-state index in [1.807, 2.05) is 6.92 Å². The third kappa shape index (κ3) is 9.72. The van der Waals surface area contributed by atoms with Crippen LogP contribution in [0.25, 0.3) is 0 Å². The number of anilines is 1. The number of alkyl halides is 3. The largest absolute Gasteiger partial charge is 0.417 e. The first-order valence-electron chi connectivity index (χ1n) is 15.5. The van der Waals surface area contributed by atoms with Gasteiger partial charge < -0.3 is 10.2 Å². The zero-order valence-electron chi connectivity index (χ0n) is 27.3. The second-order valence-corrected chi connectivity index (χ2v) is 14.9. The van der Waals surface area contributed by atoms with Gasteiger partial charge in [0.25, 0.3) is 10.0 Å². The normalized spacial score (nSPS) is 13.0. The van der Waals surface area contributed by atoms with E-state index >= 15 is 0 Å². The maximum atomic E-state index is 14.6. The van der Waals surface area contributed by atoms with Crippen molar-refractivity contribution in [1.29, 1.82) is 0 Å². The number of nitrogens with one attached hydrogen (secondary N) is 1. The third-order valence-corrected chi connectivity index (χ3v) is 10.9. The Hall–Kier alpha value is -3.77. The predicted molar refractivity (Wildman–Crippen MR) is 191 cm³/mol. The van der Waals surface area contributed by atoms with E-state index in [0.717, 1.165) is 17.7 Å². The van der Waals surface area contributed by atoms with Crippen molar-refractivity contribution >= 4 is 62.3 Å². The number of aryl methyl sites for hydroxylation is 1. The van der Waals surface area contributed by atoms with Crippen molar-refractivity contribution in [1.82, 2.24) is 10.2 Å². The summed E-state index contributed by atoms with van der Waals surface area (Å²) < 4.78 is 71.0. The summed E-state index contributed by atoms with van der Waals surface area (Å²) >= 11 is 18.3. The maximum Gasteiger partial charge on any atom is 0.417 e. The van der Waals surface area contributed by atoms with Crippen LogP contribution >= 0.6 is 34.8 Å². The van der Waals surface area contributed by atoms with Crippen LogP contribution in [0.1, 0.15) is 42.5 Å². The highest BCUT2D eigenvalue weighted by Gasteiger charge is 2.38. The molecule has 266 valence electrons. The number of benzene rings is 4. The minimum atomic E-state index is -4.93. The highest BCUT2D eigenvalue weighted by molar-refractivity contribution is 7.92. The first kappa shape index (κ1) is 39.0. The summed E-state index contributed by atoms with van der Waals surface area (Å²) in [6, 6.07) is 20.4. The summed E-state index contributed by atoms with van der Waals surface area (Å²) in [7, 11) is -4.65. The van der Waals surface area contributed by atoms with Gasteiger partial charge in [0.2, 0.25) is 11.8 Å². The Kier molecular flexibility index (Phi) is 12.9. The summed E-state index contributed by atoms with van der Waals surface area (Å²) in [5.41, 5.74) is 0.187. The van der Waals surface area contributed by atoms with E-state index in [0.29, 0.717) is 27.9 Å². The van der Waals surface area contributed by atoms with Crippen LogP contribution in [0.2, 0.25) is 15.1 Å². The molecule has 1 N–H and O–H groups in total. The minimum absolute atomic E-state index is 0.0417. The summed E-state index contributed by atoms with van der Waals surface area (Å²) in [5.74, 6) is -1.37. The van der Waals surface area contributed by atoms with Gasteiger partial charge in [-0.25, -0.2) is 8.42 Å². The first-order chi connectivity index (χ1) is 23.5. The number of nitrogens with zero attached hydrogens (tertiary/aromatic N) is 2. The number of carbonyl (C=O) groups excluding carboxylic acids is 2. The Balaban J connectivity index is 1.88. The van der Waals surface area contributed by atoms with Gasteiger partial charge in [0.15, 0.2) is 0 Å². The molecule has 0 aliphatic rings. The van der Waals surface area contributed by atoms with Crippen LogP contribution in [-0.4, -0.2) is 43.8 Å². The molecular weight excluding hydrogens is 734 g/mol. The molecule has 0 fully saturated rings. The van der Waals surface area contributed by atoms with Crippen molar-refractivity contribution in [2.45, 2.75) is 63.3 Å². The molecule has 0 bridgehead atoms. The molecular formula is C36H35Cl3F3N3O4S. The number of amides is 2. The van der Waals surface area contributed by atoms with Crippen molar-refractivity contribution < 1.29 is 31.2 Å². The Morgan fingerprint density at radius 3 is 2.08 bits per heavy atom. The fourth-order valence-corrected chi connectivity index (χ4v) is 7.03. The molecule has 0 heterocycles. The topological polar surface area (TPSA) is 86.8 Å². The summed E-state index contributed by atoms with van der Waals surface area (Å²) in [5, 5.41) is 2.71. The fourth-order valence-electron chi connectivity index (χ4n) is 5.08. The van der Waals surface area contributed by atoms with Gasteiger partial charge in [0.1, 0.15) is 12.6 Å². The van der Waals surface area contributed by atoms with Crippen LogP contribution < -0.4 is 9.62 Å². The standard InChI is InChI=1S/C36H35Cl3F3N3O4S/c1-4-24(3)43-35(47)33(19-25-8-6-5-7-9-25)44(21-26-12-16-31(38)32(39)18-26)34(46)22-45(50(48,49)28-14-10-23(2)11-15-28)27-13-17-30(37)29(20-27)36(40,41)42/h5-18,20,24,33H,4,19,21-22H2,1-3H3,(H,43,47)/t24-,33+/m0/s1. The van der Waals surface area contributed by atoms with Crippen molar-refractivity contribution in [3.05, 3.63) is 128 Å². The first-order valence-corrected chi connectivity index (χ1v) is 18.1. The number of carbonyl (C=O) groups is 2. The van der Waals surface area contributed by atoms with Crippen molar-refractivity contribution in [2.24, 2.45) is 0 Å². The molecule has 14 heteroatoms. The minimum Gasteiger partial charge on any atom is -0.352 e. The van der Waals surface area contributed by atoms with Gasteiger partial charge in [-0.15, -0.1) is 0 Å². The molecule has 4 aromatic carbocycles. The van der Waals surface area contributed by atoms with E-state index in [1.165, 1.54) is 41.3 Å². The smallest absolute Gasteiger partial charge is 0.352 e. The Morgan fingerprint density at radius 2 is 1.48 bits per heavy atom. The quantitative estimate of drug-likeness (QED) is 0.148. The molecule has 0 aliphatic carbocycles. The SMILES string of the molecule is CC[C@H](C)NC(=O)[C@@H](Cc1ccccc1)N(Cc1ccc(Cl)c(Cl)c1)C(=O)CN(c1ccc(Cl)c(C(F)(F)F)c1)S(=O)(=O)c1ccc(C)cc1. The van der Waals surface area contributed by atoms with Gasteiger partial charge in [-0.3, -0.25) is 13.9 Å². The number of hydrogen-bond acceptors (Lipinski definition) is 4. The molecule has 4 aromatic rings.